The Labute approximate surface area is 170 Å². The molecule has 154 valence electrons. The predicted molar refractivity (Wildman–Crippen MR) is 109 cm³/mol. The van der Waals surface area contributed by atoms with Crippen molar-refractivity contribution in [3.63, 3.8) is 0 Å². The Morgan fingerprint density at radius 1 is 1.28 bits per heavy atom. The highest BCUT2D eigenvalue weighted by Crippen LogP contribution is 2.52. The number of fused-ring (bicyclic) bond motifs is 1. The number of hydrogen-bond acceptors (Lipinski definition) is 4. The van der Waals surface area contributed by atoms with Gasteiger partial charge in [-0.25, -0.2) is 0 Å². The molecule has 3 amide bonds. The molecule has 3 aliphatic rings. The van der Waals surface area contributed by atoms with Crippen LogP contribution in [0.4, 0.5) is 11.4 Å². The average Bonchev–Trinajstić information content (AvgIpc) is 3.30. The molecular formula is C22H27N3O4. The van der Waals surface area contributed by atoms with Crippen LogP contribution in [0.1, 0.15) is 27.2 Å². The lowest BCUT2D eigenvalue weighted by Gasteiger charge is -2.23. The van der Waals surface area contributed by atoms with Gasteiger partial charge in [-0.2, -0.15) is 0 Å². The molecule has 1 aromatic rings. The van der Waals surface area contributed by atoms with Gasteiger partial charge in [0.25, 0.3) is 0 Å². The van der Waals surface area contributed by atoms with E-state index in [0.29, 0.717) is 24.7 Å². The van der Waals surface area contributed by atoms with E-state index in [4.69, 9.17) is 4.74 Å². The van der Waals surface area contributed by atoms with Crippen LogP contribution in [0.25, 0.3) is 0 Å². The smallest absolute Gasteiger partial charge is 0.234 e. The second kappa shape index (κ2) is 7.30. The Morgan fingerprint density at radius 2 is 2.00 bits per heavy atom. The van der Waals surface area contributed by atoms with Crippen LogP contribution in [0.2, 0.25) is 0 Å². The van der Waals surface area contributed by atoms with Gasteiger partial charge < -0.3 is 20.3 Å². The minimum atomic E-state index is -0.738. The number of nitrogens with zero attached hydrogens (tertiary/aromatic N) is 1. The molecule has 0 saturated carbocycles. The van der Waals surface area contributed by atoms with Gasteiger partial charge in [0, 0.05) is 24.8 Å². The van der Waals surface area contributed by atoms with Gasteiger partial charge >= 0.3 is 0 Å². The summed E-state index contributed by atoms with van der Waals surface area (Å²) in [6.45, 7) is 6.66. The van der Waals surface area contributed by atoms with Gasteiger partial charge in [0.15, 0.2) is 0 Å². The van der Waals surface area contributed by atoms with Crippen LogP contribution < -0.4 is 15.5 Å². The second-order valence-corrected chi connectivity index (χ2v) is 8.53. The highest BCUT2D eigenvalue weighted by atomic mass is 16.5. The Hall–Kier alpha value is -2.67. The third kappa shape index (κ3) is 3.44. The quantitative estimate of drug-likeness (QED) is 0.720. The van der Waals surface area contributed by atoms with Crippen LogP contribution >= 0.6 is 0 Å². The van der Waals surface area contributed by atoms with Crippen molar-refractivity contribution < 1.29 is 19.1 Å². The maximum atomic E-state index is 13.3. The van der Waals surface area contributed by atoms with E-state index >= 15 is 0 Å². The minimum absolute atomic E-state index is 0.0897. The monoisotopic (exact) mass is 397 g/mol. The number of carbonyl (C=O) groups is 3. The van der Waals surface area contributed by atoms with Crippen LogP contribution in [0.15, 0.2) is 36.4 Å². The molecule has 4 rings (SSSR count). The molecule has 0 aromatic heterocycles. The molecule has 2 N–H and O–H groups in total. The van der Waals surface area contributed by atoms with Crippen molar-refractivity contribution in [1.29, 1.82) is 0 Å². The summed E-state index contributed by atoms with van der Waals surface area (Å²) in [6, 6.07) is 7.13. The third-order valence-electron chi connectivity index (χ3n) is 5.92. The number of carbonyl (C=O) groups excluding carboxylic acids is 3. The van der Waals surface area contributed by atoms with Crippen molar-refractivity contribution in [2.75, 3.05) is 23.3 Å². The number of amides is 3. The zero-order chi connectivity index (χ0) is 20.8. The van der Waals surface area contributed by atoms with E-state index in [1.54, 1.807) is 29.2 Å². The normalized spacial score (nSPS) is 29.4. The molecule has 1 unspecified atom stereocenters. The van der Waals surface area contributed by atoms with Gasteiger partial charge in [-0.1, -0.05) is 26.0 Å². The van der Waals surface area contributed by atoms with E-state index in [1.165, 1.54) is 6.92 Å². The lowest BCUT2D eigenvalue weighted by atomic mass is 9.77. The number of hydrogen-bond donors (Lipinski definition) is 2. The highest BCUT2D eigenvalue weighted by Gasteiger charge is 2.67. The Bertz CT molecular complexity index is 863. The van der Waals surface area contributed by atoms with Crippen LogP contribution in [0.3, 0.4) is 0 Å². The summed E-state index contributed by atoms with van der Waals surface area (Å²) in [5, 5.41) is 5.70. The van der Waals surface area contributed by atoms with Crippen molar-refractivity contribution in [2.45, 2.75) is 38.9 Å². The first-order valence-corrected chi connectivity index (χ1v) is 10.1. The lowest BCUT2D eigenvalue weighted by Crippen LogP contribution is -2.44. The van der Waals surface area contributed by atoms with Gasteiger partial charge in [-0.05, 0) is 36.6 Å². The zero-order valence-corrected chi connectivity index (χ0v) is 17.0. The molecule has 3 aliphatic heterocycles. The van der Waals surface area contributed by atoms with Gasteiger partial charge in [0.2, 0.25) is 17.7 Å². The van der Waals surface area contributed by atoms with E-state index in [9.17, 15) is 14.4 Å². The van der Waals surface area contributed by atoms with Gasteiger partial charge in [-0.15, -0.1) is 0 Å². The fourth-order valence-electron chi connectivity index (χ4n) is 4.55. The molecule has 0 radical (unpaired) electrons. The lowest BCUT2D eigenvalue weighted by molar-refractivity contribution is -0.131. The Kier molecular flexibility index (Phi) is 4.94. The highest BCUT2D eigenvalue weighted by molar-refractivity contribution is 6.03. The molecule has 7 heteroatoms. The molecule has 2 bridgehead atoms. The molecule has 2 saturated heterocycles. The van der Waals surface area contributed by atoms with Crippen molar-refractivity contribution in [3.05, 3.63) is 36.4 Å². The van der Waals surface area contributed by atoms with Crippen LogP contribution in [-0.2, 0) is 19.1 Å². The van der Waals surface area contributed by atoms with E-state index in [-0.39, 0.29) is 23.8 Å². The topological polar surface area (TPSA) is 87.7 Å². The Balaban J connectivity index is 1.52. The molecular weight excluding hydrogens is 370 g/mol. The number of benzene rings is 1. The number of ether oxygens (including phenoxy) is 1. The fourth-order valence-corrected chi connectivity index (χ4v) is 4.55. The first-order valence-electron chi connectivity index (χ1n) is 10.1. The number of rotatable bonds is 6. The number of nitrogens with one attached hydrogen (secondary N) is 2. The largest absolute Gasteiger partial charge is 0.360 e. The summed E-state index contributed by atoms with van der Waals surface area (Å²) in [6.07, 6.45) is 4.42. The van der Waals surface area contributed by atoms with Crippen LogP contribution in [0.5, 0.6) is 0 Å². The summed E-state index contributed by atoms with van der Waals surface area (Å²) in [5.74, 6) is -0.849. The molecule has 1 aromatic carbocycles. The molecule has 29 heavy (non-hydrogen) atoms. The van der Waals surface area contributed by atoms with Crippen molar-refractivity contribution in [1.82, 2.24) is 5.32 Å². The van der Waals surface area contributed by atoms with Crippen LogP contribution in [-0.4, -0.2) is 42.5 Å². The van der Waals surface area contributed by atoms with Crippen molar-refractivity contribution >= 4 is 29.1 Å². The van der Waals surface area contributed by atoms with E-state index in [0.717, 1.165) is 12.1 Å². The summed E-state index contributed by atoms with van der Waals surface area (Å²) >= 11 is 0. The summed E-state index contributed by atoms with van der Waals surface area (Å²) in [5.41, 5.74) is 0.663. The minimum Gasteiger partial charge on any atom is -0.360 e. The fraction of sp³-hybridized carbons (Fsp3) is 0.500. The maximum Gasteiger partial charge on any atom is 0.234 e. The molecule has 0 aliphatic carbocycles. The summed E-state index contributed by atoms with van der Waals surface area (Å²) < 4.78 is 6.15. The molecule has 2 fully saturated rings. The third-order valence-corrected chi connectivity index (χ3v) is 5.92. The first kappa shape index (κ1) is 19.6. The second-order valence-electron chi connectivity index (χ2n) is 8.53. The van der Waals surface area contributed by atoms with Gasteiger partial charge in [0.05, 0.1) is 24.5 Å². The summed E-state index contributed by atoms with van der Waals surface area (Å²) in [7, 11) is 0. The van der Waals surface area contributed by atoms with Gasteiger partial charge in [-0.3, -0.25) is 14.4 Å². The molecule has 1 spiro atoms. The van der Waals surface area contributed by atoms with E-state index < -0.39 is 17.4 Å². The van der Waals surface area contributed by atoms with E-state index in [1.807, 2.05) is 12.2 Å². The average molecular weight is 397 g/mol. The molecule has 7 nitrogen and oxygen atoms in total. The standard InChI is InChI=1S/C22H27N3O4/c1-13(2)9-11-23-20(27)18-17-8-10-22(29-17)12-25(21(28)19(18)22)16-6-4-15(5-7-16)24-14(3)26/h4-8,10,13,17-19H,9,11-12H2,1-3H3,(H,23,27)(H,24,26)/t17-,18?,19-,22+/m1/s1. The predicted octanol–water partition coefficient (Wildman–Crippen LogP) is 2.09. The van der Waals surface area contributed by atoms with Crippen LogP contribution in [0, 0.1) is 17.8 Å². The van der Waals surface area contributed by atoms with Crippen molar-refractivity contribution in [3.8, 4) is 0 Å². The first-order chi connectivity index (χ1) is 13.8. The van der Waals surface area contributed by atoms with E-state index in [2.05, 4.69) is 24.5 Å². The summed E-state index contributed by atoms with van der Waals surface area (Å²) in [4.78, 5) is 39.0. The van der Waals surface area contributed by atoms with Gasteiger partial charge in [0.1, 0.15) is 5.60 Å². The SMILES string of the molecule is CC(=O)Nc1ccc(N2C[C@]34C=C[C@@H](O3)C(C(=O)NCCC(C)C)[C@@H]4C2=O)cc1. The van der Waals surface area contributed by atoms with Crippen molar-refractivity contribution in [2.24, 2.45) is 17.8 Å². The molecule has 3 heterocycles. The molecule has 4 atom stereocenters. The Morgan fingerprint density at radius 3 is 2.66 bits per heavy atom. The number of anilines is 2. The maximum absolute atomic E-state index is 13.3. The zero-order valence-electron chi connectivity index (χ0n) is 17.0.